The molecular weight excluding hydrogens is 154 g/mol. The zero-order valence-electron chi connectivity index (χ0n) is 7.45. The maximum atomic E-state index is 10.2. The van der Waals surface area contributed by atoms with Crippen molar-refractivity contribution < 1.29 is 9.53 Å². The van der Waals surface area contributed by atoms with Gasteiger partial charge in [-0.1, -0.05) is 19.8 Å². The van der Waals surface area contributed by atoms with Crippen molar-refractivity contribution in [2.24, 2.45) is 5.92 Å². The molecule has 1 atom stereocenters. The first-order valence-electron chi connectivity index (χ1n) is 4.27. The Morgan fingerprint density at radius 3 is 2.83 bits per heavy atom. The molecule has 68 valence electrons. The van der Waals surface area contributed by atoms with E-state index in [1.807, 2.05) is 6.07 Å². The number of carbonyl (C=O) groups is 1. The highest BCUT2D eigenvalue weighted by molar-refractivity contribution is 5.57. The molecule has 0 spiro atoms. The summed E-state index contributed by atoms with van der Waals surface area (Å²) in [5.74, 6) is -0.591. The van der Waals surface area contributed by atoms with Crippen LogP contribution in [-0.2, 0) is 9.53 Å². The third-order valence-corrected chi connectivity index (χ3v) is 1.52. The van der Waals surface area contributed by atoms with Crippen LogP contribution in [0.5, 0.6) is 0 Å². The summed E-state index contributed by atoms with van der Waals surface area (Å²) in [4.78, 5) is 10.2. The van der Waals surface area contributed by atoms with E-state index in [0.717, 1.165) is 19.3 Å². The van der Waals surface area contributed by atoms with Crippen LogP contribution >= 0.6 is 0 Å². The number of ether oxygens (including phenoxy) is 1. The smallest absolute Gasteiger partial charge is 0.139 e. The van der Waals surface area contributed by atoms with Crippen molar-refractivity contribution in [1.29, 1.82) is 5.26 Å². The molecule has 3 nitrogen and oxygen atoms in total. The zero-order chi connectivity index (χ0) is 9.23. The molecule has 0 aliphatic carbocycles. The number of rotatable bonds is 7. The number of nitrogens with zero attached hydrogens (tertiary/aromatic N) is 1. The molecule has 0 N–H and O–H groups in total. The Hall–Kier alpha value is -0.880. The van der Waals surface area contributed by atoms with E-state index in [-0.39, 0.29) is 6.61 Å². The Balaban J connectivity index is 3.19. The summed E-state index contributed by atoms with van der Waals surface area (Å²) in [5.41, 5.74) is 0. The van der Waals surface area contributed by atoms with Crippen molar-refractivity contribution in [2.75, 3.05) is 13.2 Å². The zero-order valence-corrected chi connectivity index (χ0v) is 7.45. The topological polar surface area (TPSA) is 50.1 Å². The molecular formula is C9H15NO2. The van der Waals surface area contributed by atoms with E-state index in [9.17, 15) is 4.79 Å². The normalized spacial score (nSPS) is 12.0. The molecule has 0 rings (SSSR count). The van der Waals surface area contributed by atoms with Gasteiger partial charge in [-0.3, -0.25) is 0 Å². The Labute approximate surface area is 73.3 Å². The van der Waals surface area contributed by atoms with Gasteiger partial charge in [-0.25, -0.2) is 0 Å². The van der Waals surface area contributed by atoms with E-state index in [4.69, 9.17) is 10.00 Å². The molecule has 0 bridgehead atoms. The number of aldehydes is 1. The van der Waals surface area contributed by atoms with Gasteiger partial charge in [0.15, 0.2) is 0 Å². The van der Waals surface area contributed by atoms with Crippen molar-refractivity contribution >= 4 is 6.29 Å². The molecule has 0 saturated carbocycles. The Bertz CT molecular complexity index is 151. The minimum Gasteiger partial charge on any atom is -0.380 e. The highest BCUT2D eigenvalue weighted by Gasteiger charge is 2.03. The molecule has 0 heterocycles. The highest BCUT2D eigenvalue weighted by atomic mass is 16.5. The fraction of sp³-hybridized carbons (Fsp3) is 0.778. The second-order valence-electron chi connectivity index (χ2n) is 2.65. The molecule has 1 unspecified atom stereocenters. The lowest BCUT2D eigenvalue weighted by Crippen LogP contribution is -2.09. The van der Waals surface area contributed by atoms with E-state index in [1.165, 1.54) is 0 Å². The van der Waals surface area contributed by atoms with Crippen LogP contribution in [0, 0.1) is 17.2 Å². The van der Waals surface area contributed by atoms with Crippen LogP contribution in [-0.4, -0.2) is 19.5 Å². The second kappa shape index (κ2) is 8.22. The number of unbranched alkanes of at least 4 members (excludes halogenated alkanes) is 2. The monoisotopic (exact) mass is 169 g/mol. The van der Waals surface area contributed by atoms with E-state index in [2.05, 4.69) is 6.92 Å². The molecule has 0 aliphatic heterocycles. The average molecular weight is 169 g/mol. The number of nitriles is 1. The van der Waals surface area contributed by atoms with Crippen molar-refractivity contribution in [2.45, 2.75) is 26.2 Å². The molecule has 0 aromatic rings. The van der Waals surface area contributed by atoms with E-state index < -0.39 is 5.92 Å². The minimum absolute atomic E-state index is 0.240. The van der Waals surface area contributed by atoms with Gasteiger partial charge in [-0.2, -0.15) is 5.26 Å². The molecule has 0 aliphatic rings. The summed E-state index contributed by atoms with van der Waals surface area (Å²) in [5, 5.41) is 8.37. The lowest BCUT2D eigenvalue weighted by Gasteiger charge is -2.02. The van der Waals surface area contributed by atoms with E-state index in [1.54, 1.807) is 0 Å². The summed E-state index contributed by atoms with van der Waals surface area (Å²) in [6.07, 6.45) is 3.92. The fourth-order valence-corrected chi connectivity index (χ4v) is 0.771. The van der Waals surface area contributed by atoms with Gasteiger partial charge in [0.1, 0.15) is 12.2 Å². The first kappa shape index (κ1) is 11.1. The summed E-state index contributed by atoms with van der Waals surface area (Å²) in [6, 6.07) is 1.85. The van der Waals surface area contributed by atoms with Gasteiger partial charge in [0, 0.05) is 6.61 Å². The van der Waals surface area contributed by atoms with Gasteiger partial charge in [0.25, 0.3) is 0 Å². The second-order valence-corrected chi connectivity index (χ2v) is 2.65. The lowest BCUT2D eigenvalue weighted by atomic mass is 10.2. The number of hydrogen-bond donors (Lipinski definition) is 0. The maximum Gasteiger partial charge on any atom is 0.139 e. The number of hydrogen-bond acceptors (Lipinski definition) is 3. The third-order valence-electron chi connectivity index (χ3n) is 1.52. The SMILES string of the molecule is CCCCCOCC(C#N)C=O. The van der Waals surface area contributed by atoms with E-state index >= 15 is 0 Å². The third kappa shape index (κ3) is 5.87. The summed E-state index contributed by atoms with van der Waals surface area (Å²) in [6.45, 7) is 3.01. The quantitative estimate of drug-likeness (QED) is 0.429. The van der Waals surface area contributed by atoms with Gasteiger partial charge in [0.2, 0.25) is 0 Å². The van der Waals surface area contributed by atoms with Gasteiger partial charge in [0.05, 0.1) is 12.7 Å². The molecule has 0 radical (unpaired) electrons. The number of carbonyl (C=O) groups excluding carboxylic acids is 1. The summed E-state index contributed by atoms with van der Waals surface area (Å²) >= 11 is 0. The van der Waals surface area contributed by atoms with Gasteiger partial charge < -0.3 is 9.53 Å². The predicted molar refractivity (Wildman–Crippen MR) is 45.5 cm³/mol. The lowest BCUT2D eigenvalue weighted by molar-refractivity contribution is -0.111. The fourth-order valence-electron chi connectivity index (χ4n) is 0.771. The summed E-state index contributed by atoms with van der Waals surface area (Å²) < 4.78 is 5.13. The van der Waals surface area contributed by atoms with Crippen molar-refractivity contribution in [3.63, 3.8) is 0 Å². The Morgan fingerprint density at radius 2 is 2.33 bits per heavy atom. The Kier molecular flexibility index (Phi) is 7.62. The van der Waals surface area contributed by atoms with Crippen molar-refractivity contribution in [1.82, 2.24) is 0 Å². The first-order valence-corrected chi connectivity index (χ1v) is 4.27. The van der Waals surface area contributed by atoms with Gasteiger partial charge >= 0.3 is 0 Å². The van der Waals surface area contributed by atoms with Gasteiger partial charge in [-0.15, -0.1) is 0 Å². The average Bonchev–Trinajstić information content (AvgIpc) is 2.11. The van der Waals surface area contributed by atoms with Crippen LogP contribution in [0.4, 0.5) is 0 Å². The molecule has 0 aromatic heterocycles. The molecule has 0 amide bonds. The van der Waals surface area contributed by atoms with Crippen LogP contribution in [0.3, 0.4) is 0 Å². The van der Waals surface area contributed by atoms with Crippen LogP contribution in [0.15, 0.2) is 0 Å². The van der Waals surface area contributed by atoms with Crippen LogP contribution in [0.1, 0.15) is 26.2 Å². The minimum atomic E-state index is -0.591. The van der Waals surface area contributed by atoms with E-state index in [0.29, 0.717) is 12.9 Å². The largest absolute Gasteiger partial charge is 0.380 e. The molecule has 0 aromatic carbocycles. The standard InChI is InChI=1S/C9H15NO2/c1-2-3-4-5-12-8-9(6-10)7-11/h7,9H,2-5,8H2,1H3. The van der Waals surface area contributed by atoms with Crippen molar-refractivity contribution in [3.05, 3.63) is 0 Å². The van der Waals surface area contributed by atoms with Crippen LogP contribution < -0.4 is 0 Å². The molecule has 0 fully saturated rings. The van der Waals surface area contributed by atoms with Gasteiger partial charge in [-0.05, 0) is 6.42 Å². The maximum absolute atomic E-state index is 10.2. The molecule has 12 heavy (non-hydrogen) atoms. The van der Waals surface area contributed by atoms with Crippen LogP contribution in [0.25, 0.3) is 0 Å². The molecule has 0 saturated heterocycles. The Morgan fingerprint density at radius 1 is 1.58 bits per heavy atom. The van der Waals surface area contributed by atoms with Crippen LogP contribution in [0.2, 0.25) is 0 Å². The first-order chi connectivity index (χ1) is 5.85. The highest BCUT2D eigenvalue weighted by Crippen LogP contribution is 1.96. The van der Waals surface area contributed by atoms with Crippen molar-refractivity contribution in [3.8, 4) is 6.07 Å². The summed E-state index contributed by atoms with van der Waals surface area (Å²) in [7, 11) is 0. The predicted octanol–water partition coefficient (Wildman–Crippen LogP) is 1.53. The molecule has 3 heteroatoms.